The first-order valence-electron chi connectivity index (χ1n) is 7.31. The third-order valence-electron chi connectivity index (χ3n) is 3.83. The van der Waals surface area contributed by atoms with Gasteiger partial charge in [-0.3, -0.25) is 0 Å². The van der Waals surface area contributed by atoms with Gasteiger partial charge in [0.2, 0.25) is 0 Å². The second kappa shape index (κ2) is 5.11. The lowest BCUT2D eigenvalue weighted by atomic mass is 9.86. The highest BCUT2D eigenvalue weighted by Gasteiger charge is 2.30. The number of alkyl halides is 3. The van der Waals surface area contributed by atoms with Crippen molar-refractivity contribution in [3.63, 3.8) is 0 Å². The topological polar surface area (TPSA) is 17.3 Å². The van der Waals surface area contributed by atoms with Crippen molar-refractivity contribution < 1.29 is 13.2 Å². The standard InChI is InChI=1S/C18H17F3N2/c1-17(2,3)13-6-4-12(5-7-13)15-11-23-10-14(18(19,20)21)8-9-16(23)22-15/h4-11H,1-3H3. The number of aromatic nitrogens is 2. The number of nitrogens with zero attached hydrogens (tertiary/aromatic N) is 2. The molecular formula is C18H17F3N2. The highest BCUT2D eigenvalue weighted by molar-refractivity contribution is 5.63. The maximum absolute atomic E-state index is 12.8. The molecule has 2 nitrogen and oxygen atoms in total. The first-order valence-corrected chi connectivity index (χ1v) is 7.31. The third-order valence-corrected chi connectivity index (χ3v) is 3.83. The van der Waals surface area contributed by atoms with Crippen molar-refractivity contribution >= 4 is 5.65 Å². The molecule has 0 radical (unpaired) electrons. The number of imidazole rings is 1. The quantitative estimate of drug-likeness (QED) is 0.594. The predicted octanol–water partition coefficient (Wildman–Crippen LogP) is 5.32. The lowest BCUT2D eigenvalue weighted by Gasteiger charge is -2.18. The van der Waals surface area contributed by atoms with E-state index in [4.69, 9.17) is 0 Å². The molecule has 2 aromatic heterocycles. The van der Waals surface area contributed by atoms with Crippen molar-refractivity contribution in [2.45, 2.75) is 32.4 Å². The van der Waals surface area contributed by atoms with Gasteiger partial charge in [0.05, 0.1) is 11.3 Å². The van der Waals surface area contributed by atoms with Crippen LogP contribution >= 0.6 is 0 Å². The molecule has 0 aliphatic heterocycles. The summed E-state index contributed by atoms with van der Waals surface area (Å²) in [6, 6.07) is 10.4. The number of fused-ring (bicyclic) bond motifs is 1. The number of benzene rings is 1. The van der Waals surface area contributed by atoms with Crippen molar-refractivity contribution in [2.24, 2.45) is 0 Å². The molecule has 1 aromatic carbocycles. The van der Waals surface area contributed by atoms with E-state index in [-0.39, 0.29) is 5.41 Å². The normalized spacial score (nSPS) is 12.8. The van der Waals surface area contributed by atoms with E-state index in [0.29, 0.717) is 11.3 Å². The van der Waals surface area contributed by atoms with Crippen LogP contribution in [-0.4, -0.2) is 9.38 Å². The van der Waals surface area contributed by atoms with Crippen LogP contribution in [-0.2, 0) is 11.6 Å². The third kappa shape index (κ3) is 3.09. The van der Waals surface area contributed by atoms with Crippen molar-refractivity contribution in [2.75, 3.05) is 0 Å². The summed E-state index contributed by atoms with van der Waals surface area (Å²) in [4.78, 5) is 4.39. The van der Waals surface area contributed by atoms with Crippen molar-refractivity contribution in [3.8, 4) is 11.3 Å². The van der Waals surface area contributed by atoms with E-state index in [1.54, 1.807) is 6.20 Å². The van der Waals surface area contributed by atoms with E-state index in [0.717, 1.165) is 17.8 Å². The van der Waals surface area contributed by atoms with Gasteiger partial charge in [-0.25, -0.2) is 4.98 Å². The summed E-state index contributed by atoms with van der Waals surface area (Å²) in [5.74, 6) is 0. The molecule has 0 amide bonds. The van der Waals surface area contributed by atoms with E-state index in [2.05, 4.69) is 25.8 Å². The lowest BCUT2D eigenvalue weighted by Crippen LogP contribution is -2.10. The molecule has 0 bridgehead atoms. The molecule has 0 saturated heterocycles. The minimum Gasteiger partial charge on any atom is -0.306 e. The van der Waals surface area contributed by atoms with Crippen LogP contribution in [0.3, 0.4) is 0 Å². The Balaban J connectivity index is 2.00. The Bertz CT molecular complexity index is 837. The predicted molar refractivity (Wildman–Crippen MR) is 84.3 cm³/mol. The Labute approximate surface area is 132 Å². The summed E-state index contributed by atoms with van der Waals surface area (Å²) in [5, 5.41) is 0. The molecule has 120 valence electrons. The molecule has 0 N–H and O–H groups in total. The second-order valence-corrected chi connectivity index (χ2v) is 6.63. The lowest BCUT2D eigenvalue weighted by molar-refractivity contribution is -0.137. The first-order chi connectivity index (χ1) is 10.6. The van der Waals surface area contributed by atoms with Gasteiger partial charge in [0, 0.05) is 18.0 Å². The molecule has 0 atom stereocenters. The Hall–Kier alpha value is -2.30. The zero-order valence-electron chi connectivity index (χ0n) is 13.1. The molecule has 0 fully saturated rings. The van der Waals surface area contributed by atoms with Gasteiger partial charge >= 0.3 is 6.18 Å². The molecule has 3 aromatic rings. The van der Waals surface area contributed by atoms with Crippen LogP contribution in [0.4, 0.5) is 13.2 Å². The van der Waals surface area contributed by atoms with Gasteiger partial charge in [-0.1, -0.05) is 45.0 Å². The van der Waals surface area contributed by atoms with Crippen molar-refractivity contribution in [1.29, 1.82) is 0 Å². The fraction of sp³-hybridized carbons (Fsp3) is 0.278. The van der Waals surface area contributed by atoms with Gasteiger partial charge in [-0.05, 0) is 23.1 Å². The average molecular weight is 318 g/mol. The van der Waals surface area contributed by atoms with Crippen LogP contribution in [0.15, 0.2) is 48.8 Å². The average Bonchev–Trinajstić information content (AvgIpc) is 2.88. The number of halogens is 3. The van der Waals surface area contributed by atoms with Gasteiger partial charge < -0.3 is 4.40 Å². The van der Waals surface area contributed by atoms with Gasteiger partial charge in [-0.15, -0.1) is 0 Å². The second-order valence-electron chi connectivity index (χ2n) is 6.63. The molecule has 2 heterocycles. The summed E-state index contributed by atoms with van der Waals surface area (Å²) in [6.45, 7) is 6.39. The van der Waals surface area contributed by atoms with Crippen LogP contribution < -0.4 is 0 Å². The smallest absolute Gasteiger partial charge is 0.306 e. The fourth-order valence-electron chi connectivity index (χ4n) is 2.44. The molecule has 0 unspecified atom stereocenters. The van der Waals surface area contributed by atoms with Gasteiger partial charge in [-0.2, -0.15) is 13.2 Å². The summed E-state index contributed by atoms with van der Waals surface area (Å²) in [6.07, 6.45) is -1.67. The Morgan fingerprint density at radius 1 is 0.826 bits per heavy atom. The molecule has 0 saturated carbocycles. The van der Waals surface area contributed by atoms with Gasteiger partial charge in [0.25, 0.3) is 0 Å². The molecule has 23 heavy (non-hydrogen) atoms. The van der Waals surface area contributed by atoms with Crippen LogP contribution in [0.5, 0.6) is 0 Å². The van der Waals surface area contributed by atoms with Crippen LogP contribution in [0.25, 0.3) is 16.9 Å². The number of hydrogen-bond donors (Lipinski definition) is 0. The molecule has 0 spiro atoms. The zero-order valence-corrected chi connectivity index (χ0v) is 13.1. The maximum Gasteiger partial charge on any atom is 0.417 e. The van der Waals surface area contributed by atoms with Crippen molar-refractivity contribution in [1.82, 2.24) is 9.38 Å². The highest BCUT2D eigenvalue weighted by atomic mass is 19.4. The van der Waals surface area contributed by atoms with Crippen molar-refractivity contribution in [3.05, 3.63) is 59.9 Å². The maximum atomic E-state index is 12.8. The highest BCUT2D eigenvalue weighted by Crippen LogP contribution is 2.30. The Kier molecular flexibility index (Phi) is 3.47. The monoisotopic (exact) mass is 318 g/mol. The van der Waals surface area contributed by atoms with E-state index in [1.807, 2.05) is 24.3 Å². The summed E-state index contributed by atoms with van der Waals surface area (Å²) >= 11 is 0. The SMILES string of the molecule is CC(C)(C)c1ccc(-c2cn3cc(C(F)(F)F)ccc3n2)cc1. The molecule has 3 rings (SSSR count). The van der Waals surface area contributed by atoms with E-state index >= 15 is 0 Å². The molecule has 0 aliphatic carbocycles. The zero-order chi connectivity index (χ0) is 16.8. The largest absolute Gasteiger partial charge is 0.417 e. The van der Waals surface area contributed by atoms with Crippen LogP contribution in [0.2, 0.25) is 0 Å². The number of pyridine rings is 1. The summed E-state index contributed by atoms with van der Waals surface area (Å²) in [7, 11) is 0. The van der Waals surface area contributed by atoms with Gasteiger partial charge in [0.1, 0.15) is 5.65 Å². The number of hydrogen-bond acceptors (Lipinski definition) is 1. The van der Waals surface area contributed by atoms with E-state index in [1.165, 1.54) is 16.0 Å². The van der Waals surface area contributed by atoms with E-state index in [9.17, 15) is 13.2 Å². The van der Waals surface area contributed by atoms with Gasteiger partial charge in [0.15, 0.2) is 0 Å². The van der Waals surface area contributed by atoms with E-state index < -0.39 is 11.7 Å². The molecular weight excluding hydrogens is 301 g/mol. The first kappa shape index (κ1) is 15.6. The fourth-order valence-corrected chi connectivity index (χ4v) is 2.44. The molecule has 5 heteroatoms. The summed E-state index contributed by atoms with van der Waals surface area (Å²) < 4.78 is 39.7. The van der Waals surface area contributed by atoms with Crippen LogP contribution in [0.1, 0.15) is 31.9 Å². The minimum atomic E-state index is -4.35. The van der Waals surface area contributed by atoms with Crippen LogP contribution in [0, 0.1) is 0 Å². The Morgan fingerprint density at radius 3 is 2.00 bits per heavy atom. The number of rotatable bonds is 1. The summed E-state index contributed by atoms with van der Waals surface area (Å²) in [5.41, 5.74) is 2.60. The minimum absolute atomic E-state index is 0.0546. The molecule has 0 aliphatic rings. The Morgan fingerprint density at radius 2 is 1.43 bits per heavy atom.